The molecule has 0 unspecified atom stereocenters. The van der Waals surface area contributed by atoms with Crippen LogP contribution in [-0.2, 0) is 11.2 Å². The Morgan fingerprint density at radius 1 is 1.12 bits per heavy atom. The zero-order valence-electron chi connectivity index (χ0n) is 12.4. The van der Waals surface area contributed by atoms with Gasteiger partial charge < -0.3 is 5.32 Å². The quantitative estimate of drug-likeness (QED) is 0.502. The van der Waals surface area contributed by atoms with E-state index in [1.807, 2.05) is 0 Å². The lowest BCUT2D eigenvalue weighted by Crippen LogP contribution is -2.16. The van der Waals surface area contributed by atoms with Crippen LogP contribution in [0.2, 0.25) is 0 Å². The van der Waals surface area contributed by atoms with Gasteiger partial charge in [0.25, 0.3) is 5.91 Å². The van der Waals surface area contributed by atoms with Crippen LogP contribution in [0.4, 0.5) is 10.1 Å². The van der Waals surface area contributed by atoms with Gasteiger partial charge in [-0.1, -0.05) is 18.2 Å². The van der Waals surface area contributed by atoms with E-state index < -0.39 is 5.91 Å². The summed E-state index contributed by atoms with van der Waals surface area (Å²) in [5.41, 5.74) is 2.77. The average molecular weight is 344 g/mol. The monoisotopic (exact) mass is 344 g/mol. The van der Waals surface area contributed by atoms with Crippen molar-refractivity contribution >= 4 is 38.9 Å². The molecular weight excluding hydrogens is 331 g/mol. The number of anilines is 1. The van der Waals surface area contributed by atoms with Crippen LogP contribution in [0.5, 0.6) is 0 Å². The average Bonchev–Trinajstić information content (AvgIpc) is 2.97. The molecule has 0 aliphatic rings. The molecule has 0 saturated heterocycles. The number of carbonyl (C=O) groups is 2. The molecule has 0 spiro atoms. The Morgan fingerprint density at radius 2 is 1.96 bits per heavy atom. The third-order valence-corrected chi connectivity index (χ3v) is 4.48. The van der Waals surface area contributed by atoms with Crippen LogP contribution in [0.3, 0.4) is 0 Å². The minimum Gasteiger partial charge on any atom is -0.326 e. The number of hydrogen-bond acceptors (Lipinski definition) is 4. The normalized spacial score (nSPS) is 10.6. The first-order chi connectivity index (χ1) is 11.5. The maximum absolute atomic E-state index is 13.1. The van der Waals surface area contributed by atoms with Crippen LogP contribution < -0.4 is 10.8 Å². The van der Waals surface area contributed by atoms with E-state index in [-0.39, 0.29) is 18.1 Å². The molecular formula is C17H13FN2O3S. The number of nitrogens with one attached hydrogen (secondary N) is 2. The number of amides is 2. The maximum atomic E-state index is 13.1. The highest BCUT2D eigenvalue weighted by Crippen LogP contribution is 2.28. The van der Waals surface area contributed by atoms with Crippen LogP contribution in [0, 0.1) is 5.82 Å². The van der Waals surface area contributed by atoms with E-state index >= 15 is 0 Å². The van der Waals surface area contributed by atoms with Crippen LogP contribution in [0.15, 0.2) is 48.5 Å². The van der Waals surface area contributed by atoms with E-state index in [4.69, 9.17) is 5.21 Å². The lowest BCUT2D eigenvalue weighted by atomic mass is 10.1. The largest absolute Gasteiger partial charge is 0.326 e. The molecule has 0 saturated carbocycles. The van der Waals surface area contributed by atoms with Crippen LogP contribution >= 0.6 is 11.3 Å². The van der Waals surface area contributed by atoms with Crippen molar-refractivity contribution in [1.29, 1.82) is 0 Å². The first-order valence-electron chi connectivity index (χ1n) is 7.07. The van der Waals surface area contributed by atoms with Gasteiger partial charge in [-0.3, -0.25) is 14.8 Å². The summed E-state index contributed by atoms with van der Waals surface area (Å²) in [6.07, 6.45) is 0.0679. The second-order valence-electron chi connectivity index (χ2n) is 5.16. The van der Waals surface area contributed by atoms with E-state index in [0.29, 0.717) is 16.1 Å². The number of benzene rings is 2. The number of hydrogen-bond donors (Lipinski definition) is 3. The van der Waals surface area contributed by atoms with Gasteiger partial charge in [0.1, 0.15) is 5.82 Å². The lowest BCUT2D eigenvalue weighted by Gasteiger charge is -2.05. The number of hydroxylamine groups is 1. The molecule has 2 amide bonds. The second kappa shape index (κ2) is 6.77. The van der Waals surface area contributed by atoms with E-state index in [1.165, 1.54) is 23.5 Å². The van der Waals surface area contributed by atoms with Crippen molar-refractivity contribution < 1.29 is 19.2 Å². The number of thiophene rings is 1. The van der Waals surface area contributed by atoms with Gasteiger partial charge in [0.15, 0.2) is 0 Å². The van der Waals surface area contributed by atoms with E-state index in [0.717, 1.165) is 10.1 Å². The predicted molar refractivity (Wildman–Crippen MR) is 89.8 cm³/mol. The van der Waals surface area contributed by atoms with Crippen molar-refractivity contribution in [3.63, 3.8) is 0 Å². The standard InChI is InChI=1S/C17H13FN2O3S/c18-12-3-1-2-10(6-12)7-16(21)19-13-5-4-11-8-15(17(22)20-23)24-14(11)9-13/h1-6,8-9,23H,7H2,(H,19,21)(H,20,22). The zero-order valence-corrected chi connectivity index (χ0v) is 13.2. The highest BCUT2D eigenvalue weighted by molar-refractivity contribution is 7.20. The molecule has 2 aromatic carbocycles. The van der Waals surface area contributed by atoms with Gasteiger partial charge >= 0.3 is 0 Å². The van der Waals surface area contributed by atoms with Gasteiger partial charge in [0.05, 0.1) is 11.3 Å². The van der Waals surface area contributed by atoms with Gasteiger partial charge in [-0.25, -0.2) is 9.87 Å². The Kier molecular flexibility index (Phi) is 4.54. The summed E-state index contributed by atoms with van der Waals surface area (Å²) in [5.74, 6) is -1.22. The molecule has 1 heterocycles. The summed E-state index contributed by atoms with van der Waals surface area (Å²) < 4.78 is 13.9. The number of carbonyl (C=O) groups excluding carboxylic acids is 2. The first kappa shape index (κ1) is 16.1. The van der Waals surface area contributed by atoms with Crippen molar-refractivity contribution in [1.82, 2.24) is 5.48 Å². The molecule has 0 bridgehead atoms. The Morgan fingerprint density at radius 3 is 2.71 bits per heavy atom. The number of halogens is 1. The third-order valence-electron chi connectivity index (χ3n) is 3.38. The smallest absolute Gasteiger partial charge is 0.284 e. The molecule has 7 heteroatoms. The zero-order chi connectivity index (χ0) is 17.1. The minimum atomic E-state index is -0.576. The Balaban J connectivity index is 1.74. The molecule has 0 fully saturated rings. The SMILES string of the molecule is O=C(Cc1cccc(F)c1)Nc1ccc2cc(C(=O)NO)sc2c1. The molecule has 122 valence electrons. The van der Waals surface area contributed by atoms with Gasteiger partial charge in [-0.2, -0.15) is 0 Å². The van der Waals surface area contributed by atoms with Crippen LogP contribution in [0.25, 0.3) is 10.1 Å². The van der Waals surface area contributed by atoms with Crippen molar-refractivity contribution in [2.24, 2.45) is 0 Å². The third kappa shape index (κ3) is 3.58. The maximum Gasteiger partial charge on any atom is 0.284 e. The van der Waals surface area contributed by atoms with Gasteiger partial charge in [-0.05, 0) is 41.3 Å². The molecule has 0 atom stereocenters. The molecule has 1 aromatic heterocycles. The summed E-state index contributed by atoms with van der Waals surface area (Å²) in [5, 5.41) is 12.3. The van der Waals surface area contributed by atoms with Crippen LogP contribution in [0.1, 0.15) is 15.2 Å². The summed E-state index contributed by atoms with van der Waals surface area (Å²) in [7, 11) is 0. The predicted octanol–water partition coefficient (Wildman–Crippen LogP) is 3.34. The van der Waals surface area contributed by atoms with Gasteiger partial charge in [-0.15, -0.1) is 11.3 Å². The summed E-state index contributed by atoms with van der Waals surface area (Å²) in [6, 6.07) is 12.8. The Labute approximate surface area is 140 Å². The van der Waals surface area contributed by atoms with Crippen LogP contribution in [-0.4, -0.2) is 17.0 Å². The number of rotatable bonds is 4. The number of fused-ring (bicyclic) bond motifs is 1. The van der Waals surface area contributed by atoms with Crippen molar-refractivity contribution in [3.05, 3.63) is 64.8 Å². The van der Waals surface area contributed by atoms with Crippen molar-refractivity contribution in [2.45, 2.75) is 6.42 Å². The van der Waals surface area contributed by atoms with E-state index in [9.17, 15) is 14.0 Å². The topological polar surface area (TPSA) is 78.4 Å². The molecule has 0 radical (unpaired) electrons. The Bertz CT molecular complexity index is 923. The van der Waals surface area contributed by atoms with Gasteiger partial charge in [0.2, 0.25) is 5.91 Å². The van der Waals surface area contributed by atoms with Crippen molar-refractivity contribution in [3.8, 4) is 0 Å². The second-order valence-corrected chi connectivity index (χ2v) is 6.24. The summed E-state index contributed by atoms with van der Waals surface area (Å²) in [6.45, 7) is 0. The molecule has 3 rings (SSSR count). The summed E-state index contributed by atoms with van der Waals surface area (Å²) >= 11 is 1.20. The fourth-order valence-electron chi connectivity index (χ4n) is 2.31. The molecule has 24 heavy (non-hydrogen) atoms. The summed E-state index contributed by atoms with van der Waals surface area (Å²) in [4.78, 5) is 23.9. The first-order valence-corrected chi connectivity index (χ1v) is 7.89. The highest BCUT2D eigenvalue weighted by atomic mass is 32.1. The van der Waals surface area contributed by atoms with Crippen molar-refractivity contribution in [2.75, 3.05) is 5.32 Å². The fraction of sp³-hybridized carbons (Fsp3) is 0.0588. The fourth-order valence-corrected chi connectivity index (χ4v) is 3.31. The minimum absolute atomic E-state index is 0.0679. The molecule has 3 N–H and O–H groups in total. The molecule has 0 aliphatic heterocycles. The molecule has 3 aromatic rings. The Hall–Kier alpha value is -2.77. The van der Waals surface area contributed by atoms with Gasteiger partial charge in [0, 0.05) is 10.4 Å². The molecule has 0 aliphatic carbocycles. The lowest BCUT2D eigenvalue weighted by molar-refractivity contribution is -0.115. The van der Waals surface area contributed by atoms with E-state index in [1.54, 1.807) is 41.9 Å². The van der Waals surface area contributed by atoms with E-state index in [2.05, 4.69) is 5.32 Å². The highest BCUT2D eigenvalue weighted by Gasteiger charge is 2.11. The molecule has 5 nitrogen and oxygen atoms in total.